The number of nitrogens with zero attached hydrogens (tertiary/aromatic N) is 2. The summed E-state index contributed by atoms with van der Waals surface area (Å²) in [7, 11) is 2.00. The Kier molecular flexibility index (Phi) is 10.2. The lowest BCUT2D eigenvalue weighted by Crippen LogP contribution is -2.21. The predicted octanol–water partition coefficient (Wildman–Crippen LogP) is 4.60. The van der Waals surface area contributed by atoms with E-state index in [4.69, 9.17) is 5.73 Å². The van der Waals surface area contributed by atoms with E-state index < -0.39 is 0 Å². The zero-order valence-corrected chi connectivity index (χ0v) is 14.2. The summed E-state index contributed by atoms with van der Waals surface area (Å²) in [4.78, 5) is 0. The molecule has 0 radical (unpaired) electrons. The lowest BCUT2D eigenvalue weighted by molar-refractivity contribution is 0.501. The van der Waals surface area contributed by atoms with Crippen molar-refractivity contribution in [3.8, 4) is 0 Å². The SMILES string of the molecule is CCCCCCCCCCCC(N)CCc1ccnn1C. The van der Waals surface area contributed by atoms with E-state index in [1.54, 1.807) is 0 Å². The Morgan fingerprint density at radius 1 is 1.00 bits per heavy atom. The molecular weight excluding hydrogens is 258 g/mol. The van der Waals surface area contributed by atoms with Gasteiger partial charge in [-0.25, -0.2) is 0 Å². The van der Waals surface area contributed by atoms with Crippen LogP contribution in [0.5, 0.6) is 0 Å². The second kappa shape index (κ2) is 11.8. The van der Waals surface area contributed by atoms with Gasteiger partial charge in [-0.05, 0) is 25.3 Å². The fourth-order valence-corrected chi connectivity index (χ4v) is 2.84. The van der Waals surface area contributed by atoms with Gasteiger partial charge in [0.05, 0.1) is 0 Å². The van der Waals surface area contributed by atoms with Crippen molar-refractivity contribution in [1.29, 1.82) is 0 Å². The maximum atomic E-state index is 6.21. The lowest BCUT2D eigenvalue weighted by Gasteiger charge is -2.11. The van der Waals surface area contributed by atoms with E-state index in [1.807, 2.05) is 17.9 Å². The van der Waals surface area contributed by atoms with E-state index in [0.717, 1.165) is 12.8 Å². The second-order valence-electron chi connectivity index (χ2n) is 6.36. The Morgan fingerprint density at radius 3 is 2.19 bits per heavy atom. The van der Waals surface area contributed by atoms with Gasteiger partial charge in [0.2, 0.25) is 0 Å². The van der Waals surface area contributed by atoms with Crippen LogP contribution < -0.4 is 5.73 Å². The molecule has 2 N–H and O–H groups in total. The van der Waals surface area contributed by atoms with Gasteiger partial charge in [0.15, 0.2) is 0 Å². The highest BCUT2D eigenvalue weighted by Crippen LogP contribution is 2.12. The molecule has 0 aliphatic carbocycles. The Hall–Kier alpha value is -0.830. The quantitative estimate of drug-likeness (QED) is 0.540. The molecule has 0 saturated carbocycles. The molecule has 0 amide bonds. The van der Waals surface area contributed by atoms with Crippen molar-refractivity contribution in [3.05, 3.63) is 18.0 Å². The van der Waals surface area contributed by atoms with Crippen molar-refractivity contribution in [2.75, 3.05) is 0 Å². The molecule has 3 heteroatoms. The Labute approximate surface area is 131 Å². The Balaban J connectivity index is 1.89. The van der Waals surface area contributed by atoms with Crippen LogP contribution in [-0.2, 0) is 13.5 Å². The zero-order chi connectivity index (χ0) is 15.3. The molecule has 1 unspecified atom stereocenters. The van der Waals surface area contributed by atoms with Gasteiger partial charge in [0, 0.05) is 25.0 Å². The van der Waals surface area contributed by atoms with Crippen molar-refractivity contribution in [1.82, 2.24) is 9.78 Å². The van der Waals surface area contributed by atoms with E-state index >= 15 is 0 Å². The number of hydrogen-bond donors (Lipinski definition) is 1. The lowest BCUT2D eigenvalue weighted by atomic mass is 10.0. The molecule has 1 aromatic heterocycles. The summed E-state index contributed by atoms with van der Waals surface area (Å²) in [6.45, 7) is 2.28. The molecule has 0 spiro atoms. The third-order valence-electron chi connectivity index (χ3n) is 4.37. The summed E-state index contributed by atoms with van der Waals surface area (Å²) in [6.07, 6.45) is 17.6. The van der Waals surface area contributed by atoms with Crippen molar-refractivity contribution in [2.24, 2.45) is 12.8 Å². The van der Waals surface area contributed by atoms with E-state index in [1.165, 1.54) is 69.9 Å². The summed E-state index contributed by atoms with van der Waals surface area (Å²) in [5, 5.41) is 4.19. The minimum Gasteiger partial charge on any atom is -0.328 e. The van der Waals surface area contributed by atoms with Crippen molar-refractivity contribution in [3.63, 3.8) is 0 Å². The fourth-order valence-electron chi connectivity index (χ4n) is 2.84. The van der Waals surface area contributed by atoms with Crippen LogP contribution in [0.4, 0.5) is 0 Å². The summed E-state index contributed by atoms with van der Waals surface area (Å²) in [6, 6.07) is 2.44. The van der Waals surface area contributed by atoms with Crippen LogP contribution in [0.3, 0.4) is 0 Å². The van der Waals surface area contributed by atoms with Crippen LogP contribution in [-0.4, -0.2) is 15.8 Å². The molecule has 1 aromatic rings. The topological polar surface area (TPSA) is 43.8 Å². The minimum absolute atomic E-state index is 0.351. The first-order valence-electron chi connectivity index (χ1n) is 8.96. The van der Waals surface area contributed by atoms with E-state index in [0.29, 0.717) is 6.04 Å². The number of rotatable bonds is 13. The highest BCUT2D eigenvalue weighted by Gasteiger charge is 2.05. The number of aryl methyl sites for hydroxylation is 2. The van der Waals surface area contributed by atoms with Crippen LogP contribution in [0.25, 0.3) is 0 Å². The molecule has 1 atom stereocenters. The van der Waals surface area contributed by atoms with Gasteiger partial charge in [0.25, 0.3) is 0 Å². The third-order valence-corrected chi connectivity index (χ3v) is 4.37. The first kappa shape index (κ1) is 18.2. The smallest absolute Gasteiger partial charge is 0.0492 e. The molecule has 1 heterocycles. The zero-order valence-electron chi connectivity index (χ0n) is 14.2. The minimum atomic E-state index is 0.351. The van der Waals surface area contributed by atoms with Crippen LogP contribution in [0, 0.1) is 0 Å². The summed E-state index contributed by atoms with van der Waals surface area (Å²) in [5.74, 6) is 0. The van der Waals surface area contributed by atoms with Crippen LogP contribution in [0.15, 0.2) is 12.3 Å². The average molecular weight is 293 g/mol. The third kappa shape index (κ3) is 8.92. The molecule has 21 heavy (non-hydrogen) atoms. The maximum absolute atomic E-state index is 6.21. The number of nitrogens with two attached hydrogens (primary N) is 1. The fraction of sp³-hybridized carbons (Fsp3) is 0.833. The Bertz CT molecular complexity index is 346. The number of hydrogen-bond acceptors (Lipinski definition) is 2. The number of aromatic nitrogens is 2. The van der Waals surface area contributed by atoms with E-state index in [9.17, 15) is 0 Å². The molecule has 0 saturated heterocycles. The van der Waals surface area contributed by atoms with Crippen molar-refractivity contribution >= 4 is 0 Å². The normalized spacial score (nSPS) is 12.7. The molecule has 0 aliphatic heterocycles. The highest BCUT2D eigenvalue weighted by atomic mass is 15.2. The first-order valence-corrected chi connectivity index (χ1v) is 8.96. The number of unbranched alkanes of at least 4 members (excludes halogenated alkanes) is 8. The van der Waals surface area contributed by atoms with E-state index in [2.05, 4.69) is 18.1 Å². The van der Waals surface area contributed by atoms with Gasteiger partial charge in [-0.3, -0.25) is 4.68 Å². The molecule has 0 aromatic carbocycles. The van der Waals surface area contributed by atoms with Gasteiger partial charge in [-0.1, -0.05) is 64.7 Å². The molecule has 1 rings (SSSR count). The van der Waals surface area contributed by atoms with E-state index in [-0.39, 0.29) is 0 Å². The average Bonchev–Trinajstić information content (AvgIpc) is 2.89. The molecular formula is C18H35N3. The van der Waals surface area contributed by atoms with Gasteiger partial charge in [-0.15, -0.1) is 0 Å². The van der Waals surface area contributed by atoms with Crippen LogP contribution >= 0.6 is 0 Å². The van der Waals surface area contributed by atoms with Crippen molar-refractivity contribution < 1.29 is 0 Å². The molecule has 0 aliphatic rings. The predicted molar refractivity (Wildman–Crippen MR) is 91.3 cm³/mol. The van der Waals surface area contributed by atoms with Crippen LogP contribution in [0.2, 0.25) is 0 Å². The van der Waals surface area contributed by atoms with Gasteiger partial charge < -0.3 is 5.73 Å². The summed E-state index contributed by atoms with van der Waals surface area (Å²) < 4.78 is 1.95. The first-order chi connectivity index (χ1) is 10.2. The summed E-state index contributed by atoms with van der Waals surface area (Å²) in [5.41, 5.74) is 7.50. The molecule has 3 nitrogen and oxygen atoms in total. The maximum Gasteiger partial charge on any atom is 0.0492 e. The Morgan fingerprint density at radius 2 is 1.62 bits per heavy atom. The van der Waals surface area contributed by atoms with Crippen molar-refractivity contribution in [2.45, 2.75) is 90.0 Å². The second-order valence-corrected chi connectivity index (χ2v) is 6.36. The largest absolute Gasteiger partial charge is 0.328 e. The molecule has 122 valence electrons. The van der Waals surface area contributed by atoms with Gasteiger partial charge >= 0.3 is 0 Å². The molecule has 0 fully saturated rings. The highest BCUT2D eigenvalue weighted by molar-refractivity contribution is 5.00. The summed E-state index contributed by atoms with van der Waals surface area (Å²) >= 11 is 0. The van der Waals surface area contributed by atoms with Gasteiger partial charge in [0.1, 0.15) is 0 Å². The van der Waals surface area contributed by atoms with Crippen LogP contribution in [0.1, 0.15) is 83.2 Å². The molecule has 0 bridgehead atoms. The standard InChI is InChI=1S/C18H35N3/c1-3-4-5-6-7-8-9-10-11-12-17(19)13-14-18-15-16-20-21(18)2/h15-17H,3-14,19H2,1-2H3. The van der Waals surface area contributed by atoms with Gasteiger partial charge in [-0.2, -0.15) is 5.10 Å². The monoisotopic (exact) mass is 293 g/mol.